The van der Waals surface area contributed by atoms with Crippen LogP contribution in [-0.2, 0) is 0 Å². The average molecular weight is 400 g/mol. The molecule has 1 atom stereocenters. The summed E-state index contributed by atoms with van der Waals surface area (Å²) in [6.07, 6.45) is 3.73. The summed E-state index contributed by atoms with van der Waals surface area (Å²) in [5.74, 6) is 2.19. The van der Waals surface area contributed by atoms with Gasteiger partial charge < -0.3 is 15.2 Å². The molecule has 2 aromatic carbocycles. The van der Waals surface area contributed by atoms with E-state index in [1.807, 2.05) is 49.5 Å². The number of ether oxygens (including phenoxy) is 1. The van der Waals surface area contributed by atoms with Gasteiger partial charge >= 0.3 is 0 Å². The molecule has 6 nitrogen and oxygen atoms in total. The van der Waals surface area contributed by atoms with E-state index in [9.17, 15) is 5.11 Å². The average Bonchev–Trinajstić information content (AvgIpc) is 2.78. The molecule has 0 unspecified atom stereocenters. The van der Waals surface area contributed by atoms with E-state index in [1.54, 1.807) is 19.3 Å². The number of fused-ring (bicyclic) bond motifs is 1. The minimum absolute atomic E-state index is 0.370. The third-order valence-electron chi connectivity index (χ3n) is 4.82. The van der Waals surface area contributed by atoms with E-state index in [2.05, 4.69) is 27.4 Å². The van der Waals surface area contributed by atoms with Gasteiger partial charge in [-0.1, -0.05) is 18.2 Å². The predicted octanol–water partition coefficient (Wildman–Crippen LogP) is 4.55. The van der Waals surface area contributed by atoms with E-state index in [1.165, 1.54) is 0 Å². The summed E-state index contributed by atoms with van der Waals surface area (Å²) >= 11 is 0. The van der Waals surface area contributed by atoms with Crippen LogP contribution in [0, 0.1) is 0 Å². The third kappa shape index (κ3) is 4.39. The molecule has 0 spiro atoms. The van der Waals surface area contributed by atoms with Crippen molar-refractivity contribution in [3.05, 3.63) is 67.0 Å². The minimum Gasteiger partial charge on any atom is -0.493 e. The molecule has 2 aromatic heterocycles. The second-order valence-electron chi connectivity index (χ2n) is 7.13. The molecule has 0 radical (unpaired) electrons. The van der Waals surface area contributed by atoms with Gasteiger partial charge in [0.25, 0.3) is 0 Å². The van der Waals surface area contributed by atoms with E-state index < -0.39 is 0 Å². The number of aliphatic hydroxyl groups excluding tert-OH is 1. The van der Waals surface area contributed by atoms with Crippen molar-refractivity contribution in [2.75, 3.05) is 19.0 Å². The highest BCUT2D eigenvalue weighted by atomic mass is 16.5. The molecule has 6 heteroatoms. The van der Waals surface area contributed by atoms with Crippen LogP contribution in [0.5, 0.6) is 5.75 Å². The van der Waals surface area contributed by atoms with Crippen LogP contribution in [0.3, 0.4) is 0 Å². The number of aliphatic hydroxyl groups is 1. The van der Waals surface area contributed by atoms with E-state index >= 15 is 0 Å². The van der Waals surface area contributed by atoms with Gasteiger partial charge in [0.2, 0.25) is 0 Å². The molecule has 0 bridgehead atoms. The summed E-state index contributed by atoms with van der Waals surface area (Å²) in [5.41, 5.74) is 3.84. The lowest BCUT2D eigenvalue weighted by molar-refractivity contribution is 0.155. The van der Waals surface area contributed by atoms with Gasteiger partial charge in [0.1, 0.15) is 11.6 Å². The fourth-order valence-corrected chi connectivity index (χ4v) is 3.24. The second kappa shape index (κ2) is 8.88. The molecular weight excluding hydrogens is 376 g/mol. The summed E-state index contributed by atoms with van der Waals surface area (Å²) in [6, 6.07) is 17.9. The van der Waals surface area contributed by atoms with Crippen LogP contribution in [-0.4, -0.2) is 39.8 Å². The molecule has 4 aromatic rings. The lowest BCUT2D eigenvalue weighted by Gasteiger charge is -2.11. The number of anilines is 1. The van der Waals surface area contributed by atoms with Crippen molar-refractivity contribution in [3.63, 3.8) is 0 Å². The van der Waals surface area contributed by atoms with Crippen molar-refractivity contribution in [1.29, 1.82) is 0 Å². The Bertz CT molecular complexity index is 1150. The van der Waals surface area contributed by atoms with Crippen molar-refractivity contribution < 1.29 is 9.84 Å². The van der Waals surface area contributed by atoms with Gasteiger partial charge in [-0.3, -0.25) is 4.98 Å². The van der Waals surface area contributed by atoms with Crippen LogP contribution in [0.2, 0.25) is 0 Å². The van der Waals surface area contributed by atoms with Crippen LogP contribution in [0.15, 0.2) is 67.0 Å². The van der Waals surface area contributed by atoms with Gasteiger partial charge in [0.15, 0.2) is 5.82 Å². The van der Waals surface area contributed by atoms with Gasteiger partial charge in [-0.25, -0.2) is 9.97 Å². The van der Waals surface area contributed by atoms with Crippen molar-refractivity contribution >= 4 is 16.7 Å². The van der Waals surface area contributed by atoms with Crippen molar-refractivity contribution in [2.24, 2.45) is 0 Å². The first-order valence-electron chi connectivity index (χ1n) is 9.95. The molecule has 0 saturated carbocycles. The highest BCUT2D eigenvalue weighted by Gasteiger charge is 2.11. The molecule has 0 aliphatic carbocycles. The van der Waals surface area contributed by atoms with Crippen LogP contribution < -0.4 is 10.1 Å². The number of nitrogens with one attached hydrogen (secondary N) is 1. The number of benzene rings is 2. The van der Waals surface area contributed by atoms with E-state index in [-0.39, 0.29) is 6.10 Å². The molecular formula is C24H24N4O2. The summed E-state index contributed by atoms with van der Waals surface area (Å²) in [6.45, 7) is 2.24. The summed E-state index contributed by atoms with van der Waals surface area (Å²) < 4.78 is 5.77. The monoisotopic (exact) mass is 400 g/mol. The van der Waals surface area contributed by atoms with Gasteiger partial charge in [-0.15, -0.1) is 0 Å². The zero-order valence-electron chi connectivity index (χ0n) is 17.0. The third-order valence-corrected chi connectivity index (χ3v) is 4.82. The molecule has 0 aliphatic rings. The van der Waals surface area contributed by atoms with Gasteiger partial charge in [-0.05, 0) is 54.4 Å². The largest absolute Gasteiger partial charge is 0.493 e. The van der Waals surface area contributed by atoms with Crippen molar-refractivity contribution in [1.82, 2.24) is 15.0 Å². The Labute approximate surface area is 175 Å². The molecule has 0 amide bonds. The lowest BCUT2D eigenvalue weighted by atomic mass is 10.0. The lowest BCUT2D eigenvalue weighted by Crippen LogP contribution is -2.07. The number of rotatable bonds is 7. The molecule has 4 rings (SSSR count). The molecule has 0 saturated heterocycles. The summed E-state index contributed by atoms with van der Waals surface area (Å²) in [5, 5.41) is 13.5. The quantitative estimate of drug-likeness (QED) is 0.474. The Hall–Kier alpha value is -3.51. The summed E-state index contributed by atoms with van der Waals surface area (Å²) in [4.78, 5) is 13.6. The van der Waals surface area contributed by atoms with Gasteiger partial charge in [-0.2, -0.15) is 0 Å². The first kappa shape index (κ1) is 19.8. The highest BCUT2D eigenvalue weighted by Crippen LogP contribution is 2.30. The smallest absolute Gasteiger partial charge is 0.163 e. The second-order valence-corrected chi connectivity index (χ2v) is 7.13. The van der Waals surface area contributed by atoms with Crippen LogP contribution in [0.1, 0.15) is 13.3 Å². The maximum atomic E-state index is 9.40. The number of hydrogen-bond donors (Lipinski definition) is 2. The molecule has 2 N–H and O–H groups in total. The minimum atomic E-state index is -0.370. The Kier molecular flexibility index (Phi) is 5.86. The maximum Gasteiger partial charge on any atom is 0.163 e. The topological polar surface area (TPSA) is 80.2 Å². The van der Waals surface area contributed by atoms with E-state index in [4.69, 9.17) is 9.72 Å². The fraction of sp³-hybridized carbons (Fsp3) is 0.208. The molecule has 0 aliphatic heterocycles. The molecule has 0 fully saturated rings. The predicted molar refractivity (Wildman–Crippen MR) is 120 cm³/mol. The first-order valence-corrected chi connectivity index (χ1v) is 9.95. The van der Waals surface area contributed by atoms with E-state index in [0.29, 0.717) is 18.9 Å². The number of hydrogen-bond acceptors (Lipinski definition) is 6. The van der Waals surface area contributed by atoms with Gasteiger partial charge in [0, 0.05) is 36.8 Å². The van der Waals surface area contributed by atoms with Crippen LogP contribution in [0.4, 0.5) is 5.82 Å². The molecule has 152 valence electrons. The van der Waals surface area contributed by atoms with Crippen molar-refractivity contribution in [2.45, 2.75) is 19.4 Å². The highest BCUT2D eigenvalue weighted by molar-refractivity contribution is 5.93. The van der Waals surface area contributed by atoms with E-state index in [0.717, 1.165) is 39.2 Å². The zero-order valence-corrected chi connectivity index (χ0v) is 17.0. The molecule has 30 heavy (non-hydrogen) atoms. The first-order chi connectivity index (χ1) is 14.6. The Morgan fingerprint density at radius 2 is 1.83 bits per heavy atom. The normalized spacial score (nSPS) is 12.0. The van der Waals surface area contributed by atoms with Crippen molar-refractivity contribution in [3.8, 4) is 28.3 Å². The number of nitrogens with zero attached hydrogens (tertiary/aromatic N) is 3. The Balaban J connectivity index is 1.68. The standard InChI is InChI=1S/C24H24N4O2/c1-16(29)10-12-30-20-7-3-5-17(13-20)18-8-9-22-21(14-18)24(25-2)28-23(27-22)19-6-4-11-26-15-19/h3-9,11,13-16,29H,10,12H2,1-2H3,(H,25,27,28)/t16-/m0/s1. The Morgan fingerprint density at radius 3 is 2.60 bits per heavy atom. The van der Waals surface area contributed by atoms with Crippen LogP contribution in [0.25, 0.3) is 33.4 Å². The van der Waals surface area contributed by atoms with Crippen LogP contribution >= 0.6 is 0 Å². The summed E-state index contributed by atoms with van der Waals surface area (Å²) in [7, 11) is 1.86. The maximum absolute atomic E-state index is 9.40. The fourth-order valence-electron chi connectivity index (χ4n) is 3.24. The van der Waals surface area contributed by atoms with Gasteiger partial charge in [0.05, 0.1) is 18.2 Å². The molecule has 2 heterocycles. The number of aromatic nitrogens is 3. The number of pyridine rings is 1. The Morgan fingerprint density at radius 1 is 1.00 bits per heavy atom. The SMILES string of the molecule is CNc1nc(-c2cccnc2)nc2ccc(-c3cccc(OCC[C@H](C)O)c3)cc12. The zero-order chi connectivity index (χ0) is 20.9.